The molecule has 3 aromatic rings. The van der Waals surface area contributed by atoms with E-state index in [1.165, 1.54) is 24.5 Å². The van der Waals surface area contributed by atoms with Crippen LogP contribution in [0.1, 0.15) is 54.1 Å². The van der Waals surface area contributed by atoms with Gasteiger partial charge < -0.3 is 14.5 Å². The lowest BCUT2D eigenvalue weighted by atomic mass is 10.1. The van der Waals surface area contributed by atoms with E-state index in [1.807, 2.05) is 42.2 Å². The van der Waals surface area contributed by atoms with Crippen LogP contribution >= 0.6 is 0 Å². The number of benzene rings is 3. The highest BCUT2D eigenvalue weighted by molar-refractivity contribution is 7.92. The van der Waals surface area contributed by atoms with Crippen LogP contribution in [0.15, 0.2) is 71.6 Å². The SMILES string of the molecule is CCCCc1ccc(NS(=O)(=O)c2ccc(C)c(C(=O)N3CCN(c4ccccc4OCC4CC4)CC3)c2)cc1. The number of unbranched alkanes of at least 4 members (excludes halogenated alkanes) is 1. The van der Waals surface area contributed by atoms with E-state index in [-0.39, 0.29) is 10.8 Å². The van der Waals surface area contributed by atoms with E-state index in [9.17, 15) is 13.2 Å². The molecule has 0 bridgehead atoms. The zero-order chi connectivity index (χ0) is 28.1. The fourth-order valence-corrected chi connectivity index (χ4v) is 6.07. The van der Waals surface area contributed by atoms with E-state index in [1.54, 1.807) is 24.3 Å². The molecule has 1 aliphatic carbocycles. The van der Waals surface area contributed by atoms with E-state index in [0.717, 1.165) is 42.9 Å². The van der Waals surface area contributed by atoms with Crippen LogP contribution in [0.25, 0.3) is 0 Å². The van der Waals surface area contributed by atoms with Gasteiger partial charge in [0, 0.05) is 37.4 Å². The highest BCUT2D eigenvalue weighted by Crippen LogP contribution is 2.33. The number of hydrogen-bond acceptors (Lipinski definition) is 5. The number of amides is 1. The molecule has 1 heterocycles. The van der Waals surface area contributed by atoms with Gasteiger partial charge in [-0.15, -0.1) is 0 Å². The summed E-state index contributed by atoms with van der Waals surface area (Å²) in [7, 11) is -3.85. The van der Waals surface area contributed by atoms with Crippen LogP contribution in [0.5, 0.6) is 5.75 Å². The van der Waals surface area contributed by atoms with Crippen LogP contribution in [-0.4, -0.2) is 52.0 Å². The molecule has 1 aliphatic heterocycles. The minimum atomic E-state index is -3.85. The zero-order valence-corrected chi connectivity index (χ0v) is 24.3. The largest absolute Gasteiger partial charge is 0.491 e. The van der Waals surface area contributed by atoms with Gasteiger partial charge in [-0.2, -0.15) is 0 Å². The van der Waals surface area contributed by atoms with E-state index in [0.29, 0.717) is 43.3 Å². The van der Waals surface area contributed by atoms with Crippen molar-refractivity contribution in [2.24, 2.45) is 5.92 Å². The average Bonchev–Trinajstić information content (AvgIpc) is 3.80. The normalized spacial score (nSPS) is 15.7. The standard InChI is InChI=1S/C32H39N3O4S/c1-3-4-7-25-13-15-27(16-14-25)33-40(37,38)28-17-10-24(2)29(22-28)32(36)35-20-18-34(19-21-35)30-8-5-6-9-31(30)39-23-26-11-12-26/h5-6,8-10,13-17,22,26,33H,3-4,7,11-12,18-21,23H2,1-2H3. The van der Waals surface area contributed by atoms with Gasteiger partial charge >= 0.3 is 0 Å². The maximum Gasteiger partial charge on any atom is 0.261 e. The minimum Gasteiger partial charge on any atom is -0.491 e. The van der Waals surface area contributed by atoms with Gasteiger partial charge in [-0.05, 0) is 86.1 Å². The first-order chi connectivity index (χ1) is 19.3. The maximum atomic E-state index is 13.5. The number of rotatable bonds is 11. The fraction of sp³-hybridized carbons (Fsp3) is 0.406. The van der Waals surface area contributed by atoms with Crippen molar-refractivity contribution in [3.8, 4) is 5.75 Å². The van der Waals surface area contributed by atoms with Gasteiger partial charge in [-0.3, -0.25) is 9.52 Å². The van der Waals surface area contributed by atoms with Crippen molar-refractivity contribution in [3.05, 3.63) is 83.4 Å². The number of nitrogens with one attached hydrogen (secondary N) is 1. The molecule has 2 fully saturated rings. The predicted molar refractivity (Wildman–Crippen MR) is 160 cm³/mol. The molecule has 40 heavy (non-hydrogen) atoms. The molecule has 0 spiro atoms. The summed E-state index contributed by atoms with van der Waals surface area (Å²) in [6, 6.07) is 20.3. The van der Waals surface area contributed by atoms with Crippen molar-refractivity contribution in [3.63, 3.8) is 0 Å². The fourth-order valence-electron chi connectivity index (χ4n) is 4.99. The summed E-state index contributed by atoms with van der Waals surface area (Å²) >= 11 is 0. The van der Waals surface area contributed by atoms with Crippen LogP contribution in [-0.2, 0) is 16.4 Å². The number of aryl methyl sites for hydroxylation is 2. The van der Waals surface area contributed by atoms with E-state index >= 15 is 0 Å². The summed E-state index contributed by atoms with van der Waals surface area (Å²) in [6.45, 7) is 7.21. The summed E-state index contributed by atoms with van der Waals surface area (Å²) < 4.78 is 35.2. The summed E-state index contributed by atoms with van der Waals surface area (Å²) in [5, 5.41) is 0. The molecule has 0 aromatic heterocycles. The highest BCUT2D eigenvalue weighted by atomic mass is 32.2. The van der Waals surface area contributed by atoms with Gasteiger partial charge in [0.15, 0.2) is 0 Å². The second kappa shape index (κ2) is 12.3. The van der Waals surface area contributed by atoms with Crippen LogP contribution in [0.2, 0.25) is 0 Å². The summed E-state index contributed by atoms with van der Waals surface area (Å²) in [5.41, 5.74) is 3.92. The Labute approximate surface area is 238 Å². The number of carbonyl (C=O) groups excluding carboxylic acids is 1. The van der Waals surface area contributed by atoms with Crippen molar-refractivity contribution in [2.45, 2.75) is 50.8 Å². The molecule has 5 rings (SSSR count). The Morgan fingerprint density at radius 1 is 0.975 bits per heavy atom. The van der Waals surface area contributed by atoms with E-state index < -0.39 is 10.0 Å². The van der Waals surface area contributed by atoms with Crippen molar-refractivity contribution < 1.29 is 17.9 Å². The predicted octanol–water partition coefficient (Wildman–Crippen LogP) is 5.89. The molecule has 1 amide bonds. The third-order valence-electron chi connectivity index (χ3n) is 7.72. The highest BCUT2D eigenvalue weighted by Gasteiger charge is 2.27. The van der Waals surface area contributed by atoms with Crippen LogP contribution in [0.3, 0.4) is 0 Å². The lowest BCUT2D eigenvalue weighted by Crippen LogP contribution is -2.49. The van der Waals surface area contributed by atoms with Crippen LogP contribution < -0.4 is 14.4 Å². The van der Waals surface area contributed by atoms with E-state index in [2.05, 4.69) is 22.6 Å². The molecular weight excluding hydrogens is 522 g/mol. The minimum absolute atomic E-state index is 0.0804. The number of hydrogen-bond donors (Lipinski definition) is 1. The molecular formula is C32H39N3O4S. The number of para-hydroxylation sites is 2. The lowest BCUT2D eigenvalue weighted by molar-refractivity contribution is 0.0745. The van der Waals surface area contributed by atoms with Crippen molar-refractivity contribution >= 4 is 27.3 Å². The Bertz CT molecular complexity index is 1430. The molecule has 1 N–H and O–H groups in total. The smallest absolute Gasteiger partial charge is 0.261 e. The monoisotopic (exact) mass is 561 g/mol. The molecule has 0 unspecified atom stereocenters. The Morgan fingerprint density at radius 2 is 1.70 bits per heavy atom. The first-order valence-electron chi connectivity index (χ1n) is 14.3. The molecule has 212 valence electrons. The molecule has 8 heteroatoms. The van der Waals surface area contributed by atoms with Gasteiger partial charge in [0.2, 0.25) is 0 Å². The van der Waals surface area contributed by atoms with Gasteiger partial charge in [-0.25, -0.2) is 8.42 Å². The molecule has 1 saturated carbocycles. The van der Waals surface area contributed by atoms with Gasteiger partial charge in [0.25, 0.3) is 15.9 Å². The number of ether oxygens (including phenoxy) is 1. The van der Waals surface area contributed by atoms with Gasteiger partial charge in [0.05, 0.1) is 17.2 Å². The second-order valence-corrected chi connectivity index (χ2v) is 12.6. The Kier molecular flexibility index (Phi) is 8.64. The van der Waals surface area contributed by atoms with E-state index in [4.69, 9.17) is 4.74 Å². The average molecular weight is 562 g/mol. The third kappa shape index (κ3) is 6.78. The van der Waals surface area contributed by atoms with Crippen molar-refractivity contribution in [1.29, 1.82) is 0 Å². The van der Waals surface area contributed by atoms with Crippen molar-refractivity contribution in [2.75, 3.05) is 42.4 Å². The quantitative estimate of drug-likeness (QED) is 0.316. The zero-order valence-electron chi connectivity index (χ0n) is 23.4. The summed E-state index contributed by atoms with van der Waals surface area (Å²) in [4.78, 5) is 17.7. The molecule has 0 radical (unpaired) electrons. The Balaban J connectivity index is 1.24. The number of sulfonamides is 1. The second-order valence-electron chi connectivity index (χ2n) is 10.9. The first kappa shape index (κ1) is 28.0. The van der Waals surface area contributed by atoms with Gasteiger partial charge in [0.1, 0.15) is 5.75 Å². The molecule has 7 nitrogen and oxygen atoms in total. The Hall–Kier alpha value is -3.52. The topological polar surface area (TPSA) is 79.0 Å². The summed E-state index contributed by atoms with van der Waals surface area (Å²) in [6.07, 6.45) is 5.67. The molecule has 2 aliphatic rings. The molecule has 3 aromatic carbocycles. The Morgan fingerprint density at radius 3 is 2.40 bits per heavy atom. The summed E-state index contributed by atoms with van der Waals surface area (Å²) in [5.74, 6) is 1.43. The molecule has 0 atom stereocenters. The molecule has 1 saturated heterocycles. The maximum absolute atomic E-state index is 13.5. The number of carbonyl (C=O) groups is 1. The third-order valence-corrected chi connectivity index (χ3v) is 9.10. The number of anilines is 2. The first-order valence-corrected chi connectivity index (χ1v) is 15.8. The van der Waals surface area contributed by atoms with Crippen LogP contribution in [0.4, 0.5) is 11.4 Å². The number of nitrogens with zero attached hydrogens (tertiary/aromatic N) is 2. The lowest BCUT2D eigenvalue weighted by Gasteiger charge is -2.37. The van der Waals surface area contributed by atoms with Gasteiger partial charge in [-0.1, -0.05) is 43.7 Å². The van der Waals surface area contributed by atoms with Crippen LogP contribution in [0, 0.1) is 12.8 Å². The van der Waals surface area contributed by atoms with Crippen molar-refractivity contribution in [1.82, 2.24) is 4.90 Å². The number of piperazine rings is 1.